The molecule has 1 aliphatic rings. The molecule has 1 saturated heterocycles. The van der Waals surface area contributed by atoms with Gasteiger partial charge < -0.3 is 14.5 Å². The molecule has 22 heavy (non-hydrogen) atoms. The topological polar surface area (TPSA) is 49.9 Å². The van der Waals surface area contributed by atoms with Crippen LogP contribution < -0.4 is 0 Å². The minimum Gasteiger partial charge on any atom is -0.444 e. The van der Waals surface area contributed by atoms with E-state index in [-0.39, 0.29) is 12.0 Å². The standard InChI is InChI=1S/C16H29ClN2O3/c1-15(2,3)22-14(21)19-10-6-8-18(9-7-11-19)13(20)16(4,5)12-17/h6-12H2,1-5H3. The van der Waals surface area contributed by atoms with Crippen LogP contribution in [0, 0.1) is 5.41 Å². The van der Waals surface area contributed by atoms with Gasteiger partial charge in [0.05, 0.1) is 5.41 Å². The van der Waals surface area contributed by atoms with E-state index in [1.54, 1.807) is 4.90 Å². The van der Waals surface area contributed by atoms with Gasteiger partial charge in [-0.1, -0.05) is 0 Å². The van der Waals surface area contributed by atoms with Crippen LogP contribution in [-0.2, 0) is 9.53 Å². The fourth-order valence-corrected chi connectivity index (χ4v) is 2.44. The fourth-order valence-electron chi connectivity index (χ4n) is 2.33. The molecule has 0 bridgehead atoms. The summed E-state index contributed by atoms with van der Waals surface area (Å²) in [6, 6.07) is 0. The number of hydrogen-bond donors (Lipinski definition) is 0. The van der Waals surface area contributed by atoms with Crippen molar-refractivity contribution in [2.24, 2.45) is 5.41 Å². The molecule has 0 aromatic rings. The molecule has 1 rings (SSSR count). The van der Waals surface area contributed by atoms with Gasteiger partial charge in [0, 0.05) is 32.1 Å². The van der Waals surface area contributed by atoms with Crippen molar-refractivity contribution in [2.45, 2.75) is 53.1 Å². The van der Waals surface area contributed by atoms with E-state index in [0.717, 1.165) is 12.8 Å². The van der Waals surface area contributed by atoms with Gasteiger partial charge in [0.2, 0.25) is 5.91 Å². The van der Waals surface area contributed by atoms with E-state index in [0.29, 0.717) is 32.1 Å². The largest absolute Gasteiger partial charge is 0.444 e. The number of ether oxygens (including phenoxy) is 1. The highest BCUT2D eigenvalue weighted by molar-refractivity contribution is 6.19. The smallest absolute Gasteiger partial charge is 0.410 e. The Kier molecular flexibility index (Phi) is 6.53. The lowest BCUT2D eigenvalue weighted by Crippen LogP contribution is -2.47. The van der Waals surface area contributed by atoms with Gasteiger partial charge in [-0.2, -0.15) is 0 Å². The van der Waals surface area contributed by atoms with Crippen molar-refractivity contribution in [3.05, 3.63) is 0 Å². The van der Waals surface area contributed by atoms with E-state index in [4.69, 9.17) is 16.3 Å². The van der Waals surface area contributed by atoms with Crippen molar-refractivity contribution >= 4 is 23.6 Å². The quantitative estimate of drug-likeness (QED) is 0.730. The first-order chi connectivity index (χ1) is 10.1. The number of nitrogens with zero attached hydrogens (tertiary/aromatic N) is 2. The van der Waals surface area contributed by atoms with Crippen LogP contribution in [0.3, 0.4) is 0 Å². The maximum Gasteiger partial charge on any atom is 0.410 e. The van der Waals surface area contributed by atoms with Gasteiger partial charge in [0.15, 0.2) is 0 Å². The van der Waals surface area contributed by atoms with Crippen molar-refractivity contribution in [1.82, 2.24) is 9.80 Å². The van der Waals surface area contributed by atoms with Crippen molar-refractivity contribution in [3.63, 3.8) is 0 Å². The van der Waals surface area contributed by atoms with Gasteiger partial charge in [0.25, 0.3) is 0 Å². The van der Waals surface area contributed by atoms with Crippen LogP contribution in [0.15, 0.2) is 0 Å². The van der Waals surface area contributed by atoms with Gasteiger partial charge in [-0.3, -0.25) is 4.79 Å². The Bertz CT molecular complexity index is 395. The molecular weight excluding hydrogens is 304 g/mol. The Morgan fingerprint density at radius 2 is 1.41 bits per heavy atom. The average Bonchev–Trinajstić information content (AvgIpc) is 2.35. The first-order valence-corrected chi connectivity index (χ1v) is 8.43. The monoisotopic (exact) mass is 332 g/mol. The second kappa shape index (κ2) is 7.53. The lowest BCUT2D eigenvalue weighted by molar-refractivity contribution is -0.139. The highest BCUT2D eigenvalue weighted by atomic mass is 35.5. The Labute approximate surface area is 138 Å². The molecule has 5 nitrogen and oxygen atoms in total. The number of hydrogen-bond acceptors (Lipinski definition) is 3. The minimum absolute atomic E-state index is 0.0909. The molecule has 1 heterocycles. The van der Waals surface area contributed by atoms with Gasteiger partial charge in [-0.15, -0.1) is 11.6 Å². The Hall–Kier alpha value is -0.970. The SMILES string of the molecule is CC(C)(C)OC(=O)N1CCCN(C(=O)C(C)(C)CCl)CCC1. The van der Waals surface area contributed by atoms with Crippen molar-refractivity contribution in [1.29, 1.82) is 0 Å². The summed E-state index contributed by atoms with van der Waals surface area (Å²) in [5, 5.41) is 0. The molecule has 1 fully saturated rings. The molecule has 0 N–H and O–H groups in total. The average molecular weight is 333 g/mol. The zero-order valence-corrected chi connectivity index (χ0v) is 15.2. The molecule has 1 aliphatic heterocycles. The minimum atomic E-state index is -0.536. The number of rotatable bonds is 2. The van der Waals surface area contributed by atoms with Crippen LogP contribution in [0.2, 0.25) is 0 Å². The number of alkyl halides is 1. The molecule has 0 aromatic carbocycles. The van der Waals surface area contributed by atoms with Crippen molar-refractivity contribution in [3.8, 4) is 0 Å². The number of carbonyl (C=O) groups is 2. The van der Waals surface area contributed by atoms with Crippen molar-refractivity contribution in [2.75, 3.05) is 32.1 Å². The zero-order chi connectivity index (χ0) is 17.0. The third-order valence-corrected chi connectivity index (χ3v) is 4.23. The van der Waals surface area contributed by atoms with Crippen LogP contribution in [-0.4, -0.2) is 59.5 Å². The molecule has 0 aliphatic carbocycles. The molecule has 0 atom stereocenters. The predicted molar refractivity (Wildman–Crippen MR) is 88.1 cm³/mol. The highest BCUT2D eigenvalue weighted by Crippen LogP contribution is 2.22. The van der Waals surface area contributed by atoms with E-state index in [2.05, 4.69) is 0 Å². The van der Waals surface area contributed by atoms with E-state index in [9.17, 15) is 9.59 Å². The number of carbonyl (C=O) groups excluding carboxylic acids is 2. The second-order valence-electron chi connectivity index (χ2n) is 7.48. The van der Waals surface area contributed by atoms with E-state index in [1.807, 2.05) is 39.5 Å². The zero-order valence-electron chi connectivity index (χ0n) is 14.4. The third kappa shape index (κ3) is 5.67. The maximum atomic E-state index is 12.5. The summed E-state index contributed by atoms with van der Waals surface area (Å²) in [5.74, 6) is 0.403. The lowest BCUT2D eigenvalue weighted by Gasteiger charge is -2.35. The molecule has 2 amide bonds. The molecule has 0 unspecified atom stereocenters. The summed E-state index contributed by atoms with van der Waals surface area (Å²) in [4.78, 5) is 28.2. The summed E-state index contributed by atoms with van der Waals surface area (Å²) in [6.45, 7) is 11.9. The summed E-state index contributed by atoms with van der Waals surface area (Å²) in [7, 11) is 0. The van der Waals surface area contributed by atoms with Gasteiger partial charge in [-0.25, -0.2) is 4.79 Å². The molecule has 128 valence electrons. The van der Waals surface area contributed by atoms with E-state index < -0.39 is 11.0 Å². The molecule has 6 heteroatoms. The fraction of sp³-hybridized carbons (Fsp3) is 0.875. The Morgan fingerprint density at radius 1 is 0.955 bits per heavy atom. The second-order valence-corrected chi connectivity index (χ2v) is 7.75. The van der Waals surface area contributed by atoms with E-state index in [1.165, 1.54) is 0 Å². The molecule has 0 saturated carbocycles. The maximum absolute atomic E-state index is 12.5. The Morgan fingerprint density at radius 3 is 1.82 bits per heavy atom. The molecular formula is C16H29ClN2O3. The molecule has 0 spiro atoms. The van der Waals surface area contributed by atoms with Gasteiger partial charge >= 0.3 is 6.09 Å². The van der Waals surface area contributed by atoms with Crippen LogP contribution in [0.5, 0.6) is 0 Å². The number of halogens is 1. The van der Waals surface area contributed by atoms with Crippen LogP contribution >= 0.6 is 11.6 Å². The first kappa shape index (κ1) is 19.1. The van der Waals surface area contributed by atoms with Crippen LogP contribution in [0.4, 0.5) is 4.79 Å². The molecule has 0 aromatic heterocycles. The summed E-state index contributed by atoms with van der Waals surface area (Å²) >= 11 is 5.89. The summed E-state index contributed by atoms with van der Waals surface area (Å²) in [6.07, 6.45) is 1.24. The lowest BCUT2D eigenvalue weighted by atomic mass is 9.94. The first-order valence-electron chi connectivity index (χ1n) is 7.90. The number of amides is 2. The summed E-state index contributed by atoms with van der Waals surface area (Å²) in [5.41, 5.74) is -1.02. The van der Waals surface area contributed by atoms with E-state index >= 15 is 0 Å². The normalized spacial score (nSPS) is 17.7. The van der Waals surface area contributed by atoms with Crippen LogP contribution in [0.1, 0.15) is 47.5 Å². The highest BCUT2D eigenvalue weighted by Gasteiger charge is 2.32. The van der Waals surface area contributed by atoms with Crippen molar-refractivity contribution < 1.29 is 14.3 Å². The molecule has 0 radical (unpaired) electrons. The third-order valence-electron chi connectivity index (χ3n) is 3.56. The predicted octanol–water partition coefficient (Wildman–Crippen LogP) is 3.11. The van der Waals surface area contributed by atoms with Gasteiger partial charge in [-0.05, 0) is 47.5 Å². The summed E-state index contributed by atoms with van der Waals surface area (Å²) < 4.78 is 5.41. The van der Waals surface area contributed by atoms with Gasteiger partial charge in [0.1, 0.15) is 5.60 Å². The Balaban J connectivity index is 2.56. The van der Waals surface area contributed by atoms with Crippen LogP contribution in [0.25, 0.3) is 0 Å².